The van der Waals surface area contributed by atoms with Gasteiger partial charge >= 0.3 is 0 Å². The molecule has 0 aliphatic heterocycles. The number of rotatable bonds is 6. The molecule has 0 saturated carbocycles. The Bertz CT molecular complexity index is 403. The molecule has 0 radical (unpaired) electrons. The van der Waals surface area contributed by atoms with E-state index in [2.05, 4.69) is 5.32 Å². The maximum atomic E-state index is 11.5. The first kappa shape index (κ1) is 15.5. The lowest BCUT2D eigenvalue weighted by Crippen LogP contribution is -2.34. The minimum Gasteiger partial charge on any atom is -0.388 e. The van der Waals surface area contributed by atoms with Gasteiger partial charge in [-0.15, -0.1) is 0 Å². The number of aliphatic hydroxyl groups is 1. The number of aliphatic hydroxyl groups excluding tert-OH is 1. The highest BCUT2D eigenvalue weighted by molar-refractivity contribution is 5.78. The van der Waals surface area contributed by atoms with Crippen molar-refractivity contribution < 1.29 is 9.90 Å². The minimum absolute atomic E-state index is 0.0462. The number of nitrogens with one attached hydrogen (secondary N) is 1. The largest absolute Gasteiger partial charge is 0.388 e. The van der Waals surface area contributed by atoms with Crippen LogP contribution in [0.4, 0.5) is 5.69 Å². The van der Waals surface area contributed by atoms with Gasteiger partial charge in [0.25, 0.3) is 0 Å². The first-order valence-corrected chi connectivity index (χ1v) is 6.70. The Morgan fingerprint density at radius 2 is 1.95 bits per heavy atom. The average molecular weight is 264 g/mol. The normalized spacial score (nSPS) is 13.7. The molecule has 0 heterocycles. The summed E-state index contributed by atoms with van der Waals surface area (Å²) in [5.41, 5.74) is 1.97. The fraction of sp³-hybridized carbons (Fsp3) is 0.533. The van der Waals surface area contributed by atoms with Crippen LogP contribution in [-0.4, -0.2) is 31.7 Å². The Labute approximate surface area is 115 Å². The van der Waals surface area contributed by atoms with Gasteiger partial charge in [0.05, 0.1) is 12.0 Å². The summed E-state index contributed by atoms with van der Waals surface area (Å²) in [6.07, 6.45) is 0.312. The fourth-order valence-corrected chi connectivity index (χ4v) is 2.03. The predicted molar refractivity (Wildman–Crippen MR) is 78.2 cm³/mol. The number of amides is 1. The van der Waals surface area contributed by atoms with Gasteiger partial charge in [0.2, 0.25) is 5.91 Å². The lowest BCUT2D eigenvalue weighted by Gasteiger charge is -2.23. The summed E-state index contributed by atoms with van der Waals surface area (Å²) in [7, 11) is 3.62. The molecule has 1 amide bonds. The van der Waals surface area contributed by atoms with Crippen molar-refractivity contribution in [2.24, 2.45) is 5.92 Å². The Kier molecular flexibility index (Phi) is 5.83. The molecular formula is C15H24N2O2. The highest BCUT2D eigenvalue weighted by Crippen LogP contribution is 2.20. The van der Waals surface area contributed by atoms with Gasteiger partial charge in [-0.1, -0.05) is 26.0 Å². The molecule has 0 aromatic heterocycles. The first-order chi connectivity index (χ1) is 8.99. The van der Waals surface area contributed by atoms with Crippen LogP contribution in [0.25, 0.3) is 0 Å². The Hall–Kier alpha value is -1.55. The first-order valence-electron chi connectivity index (χ1n) is 6.70. The summed E-state index contributed by atoms with van der Waals surface area (Å²) >= 11 is 0. The van der Waals surface area contributed by atoms with Gasteiger partial charge in [0, 0.05) is 26.3 Å². The van der Waals surface area contributed by atoms with E-state index in [0.29, 0.717) is 13.0 Å². The molecule has 0 aliphatic carbocycles. The summed E-state index contributed by atoms with van der Waals surface area (Å²) in [5, 5.41) is 12.4. The van der Waals surface area contributed by atoms with Crippen LogP contribution in [0.15, 0.2) is 24.3 Å². The molecule has 106 valence electrons. The summed E-state index contributed by atoms with van der Waals surface area (Å²) in [6, 6.07) is 7.82. The molecule has 2 N–H and O–H groups in total. The van der Waals surface area contributed by atoms with Gasteiger partial charge in [-0.3, -0.25) is 4.79 Å². The van der Waals surface area contributed by atoms with Crippen molar-refractivity contribution in [2.45, 2.75) is 26.4 Å². The molecule has 1 unspecified atom stereocenters. The van der Waals surface area contributed by atoms with E-state index in [0.717, 1.165) is 11.3 Å². The van der Waals surface area contributed by atoms with Gasteiger partial charge in [0.15, 0.2) is 0 Å². The van der Waals surface area contributed by atoms with E-state index in [-0.39, 0.29) is 11.8 Å². The molecule has 2 atom stereocenters. The van der Waals surface area contributed by atoms with Crippen LogP contribution in [0.2, 0.25) is 0 Å². The van der Waals surface area contributed by atoms with Gasteiger partial charge in [-0.25, -0.2) is 0 Å². The van der Waals surface area contributed by atoms with Crippen molar-refractivity contribution in [3.63, 3.8) is 0 Å². The van der Waals surface area contributed by atoms with Crippen LogP contribution >= 0.6 is 0 Å². The molecule has 0 fully saturated rings. The van der Waals surface area contributed by atoms with E-state index >= 15 is 0 Å². The number of hydrogen-bond acceptors (Lipinski definition) is 3. The van der Waals surface area contributed by atoms with Crippen molar-refractivity contribution in [3.05, 3.63) is 29.8 Å². The Morgan fingerprint density at radius 3 is 2.42 bits per heavy atom. The summed E-state index contributed by atoms with van der Waals surface area (Å²) in [6.45, 7) is 4.52. The van der Waals surface area contributed by atoms with Crippen molar-refractivity contribution >= 4 is 11.6 Å². The topological polar surface area (TPSA) is 52.6 Å². The van der Waals surface area contributed by atoms with E-state index in [1.54, 1.807) is 7.05 Å². The molecule has 1 aromatic carbocycles. The van der Waals surface area contributed by atoms with E-state index in [1.165, 1.54) is 0 Å². The fourth-order valence-electron chi connectivity index (χ4n) is 2.03. The molecule has 0 aliphatic rings. The highest BCUT2D eigenvalue weighted by Gasteiger charge is 2.14. The average Bonchev–Trinajstić information content (AvgIpc) is 2.45. The third-order valence-electron chi connectivity index (χ3n) is 3.35. The van der Waals surface area contributed by atoms with Gasteiger partial charge < -0.3 is 15.3 Å². The second-order valence-electron chi connectivity index (χ2n) is 4.91. The predicted octanol–water partition coefficient (Wildman–Crippen LogP) is 1.95. The summed E-state index contributed by atoms with van der Waals surface area (Å²) < 4.78 is 0. The van der Waals surface area contributed by atoms with Crippen molar-refractivity contribution in [2.75, 3.05) is 25.5 Å². The molecule has 0 bridgehead atoms. The SMILES string of the molecule is CC[C@@H](O)c1ccc(N(C)CC(C)C(=O)NC)cc1. The zero-order chi connectivity index (χ0) is 14.4. The Morgan fingerprint density at radius 1 is 1.37 bits per heavy atom. The molecule has 0 saturated heterocycles. The van der Waals surface area contributed by atoms with Crippen LogP contribution < -0.4 is 10.2 Å². The quantitative estimate of drug-likeness (QED) is 0.825. The van der Waals surface area contributed by atoms with E-state index in [4.69, 9.17) is 0 Å². The number of hydrogen-bond donors (Lipinski definition) is 2. The van der Waals surface area contributed by atoms with Crippen molar-refractivity contribution in [3.8, 4) is 0 Å². The minimum atomic E-state index is -0.399. The second-order valence-corrected chi connectivity index (χ2v) is 4.91. The molecule has 0 spiro atoms. The van der Waals surface area contributed by atoms with Crippen molar-refractivity contribution in [1.82, 2.24) is 5.32 Å². The van der Waals surface area contributed by atoms with Crippen molar-refractivity contribution in [1.29, 1.82) is 0 Å². The summed E-state index contributed by atoms with van der Waals surface area (Å²) in [5.74, 6) is -0.0132. The van der Waals surface area contributed by atoms with Gasteiger partial charge in [-0.05, 0) is 24.1 Å². The Balaban J connectivity index is 2.67. The van der Waals surface area contributed by atoms with E-state index < -0.39 is 6.10 Å². The number of benzene rings is 1. The van der Waals surface area contributed by atoms with Crippen LogP contribution in [0.5, 0.6) is 0 Å². The van der Waals surface area contributed by atoms with Crippen LogP contribution in [0.1, 0.15) is 31.9 Å². The zero-order valence-corrected chi connectivity index (χ0v) is 12.2. The van der Waals surface area contributed by atoms with Crippen LogP contribution in [-0.2, 0) is 4.79 Å². The number of carbonyl (C=O) groups is 1. The smallest absolute Gasteiger partial charge is 0.224 e. The maximum absolute atomic E-state index is 11.5. The molecule has 19 heavy (non-hydrogen) atoms. The van der Waals surface area contributed by atoms with Crippen LogP contribution in [0, 0.1) is 5.92 Å². The third kappa shape index (κ3) is 4.24. The molecular weight excluding hydrogens is 240 g/mol. The zero-order valence-electron chi connectivity index (χ0n) is 12.2. The van der Waals surface area contributed by atoms with Gasteiger partial charge in [-0.2, -0.15) is 0 Å². The monoisotopic (exact) mass is 264 g/mol. The highest BCUT2D eigenvalue weighted by atomic mass is 16.3. The van der Waals surface area contributed by atoms with Crippen LogP contribution in [0.3, 0.4) is 0 Å². The maximum Gasteiger partial charge on any atom is 0.224 e. The summed E-state index contributed by atoms with van der Waals surface area (Å²) in [4.78, 5) is 13.5. The van der Waals surface area contributed by atoms with E-state index in [9.17, 15) is 9.90 Å². The number of anilines is 1. The number of carbonyl (C=O) groups excluding carboxylic acids is 1. The second kappa shape index (κ2) is 7.14. The molecule has 4 nitrogen and oxygen atoms in total. The molecule has 4 heteroatoms. The van der Waals surface area contributed by atoms with E-state index in [1.807, 2.05) is 50.1 Å². The standard InChI is InChI=1S/C15H24N2O2/c1-5-14(18)12-6-8-13(9-7-12)17(4)10-11(2)15(19)16-3/h6-9,11,14,18H,5,10H2,1-4H3,(H,16,19)/t11?,14-/m1/s1. The lowest BCUT2D eigenvalue weighted by molar-refractivity contribution is -0.123. The van der Waals surface area contributed by atoms with Gasteiger partial charge in [0.1, 0.15) is 0 Å². The lowest BCUT2D eigenvalue weighted by atomic mass is 10.1. The third-order valence-corrected chi connectivity index (χ3v) is 3.35. The molecule has 1 aromatic rings. The molecule has 1 rings (SSSR count). The number of nitrogens with zero attached hydrogens (tertiary/aromatic N) is 1.